The quantitative estimate of drug-likeness (QED) is 0.529. The molecule has 3 nitrogen and oxygen atoms in total. The Labute approximate surface area is 148 Å². The van der Waals surface area contributed by atoms with Gasteiger partial charge in [0.25, 0.3) is 0 Å². The number of aliphatic imine (C=N–C) groups is 1. The van der Waals surface area contributed by atoms with Gasteiger partial charge < -0.3 is 0 Å². The molecule has 0 saturated heterocycles. The maximum atomic E-state index is 6.03. The largest absolute Gasteiger partial charge is 0.297 e. The zero-order valence-corrected chi connectivity index (χ0v) is 15.1. The molecule has 0 atom stereocenters. The molecule has 0 aromatic heterocycles. The topological polar surface area (TPSA) is 27.6 Å². The van der Waals surface area contributed by atoms with Crippen molar-refractivity contribution in [3.8, 4) is 0 Å². The van der Waals surface area contributed by atoms with Gasteiger partial charge in [0.1, 0.15) is 5.84 Å². The fraction of sp³-hybridized carbons (Fsp3) is 0.250. The second-order valence-electron chi connectivity index (χ2n) is 6.26. The molecule has 1 N–H and O–H groups in total. The molecule has 0 bridgehead atoms. The van der Waals surface area contributed by atoms with Gasteiger partial charge in [-0.3, -0.25) is 10.4 Å². The average Bonchev–Trinajstić information content (AvgIpc) is 2.70. The van der Waals surface area contributed by atoms with Crippen molar-refractivity contribution in [2.45, 2.75) is 27.2 Å². The SMILES string of the molecule is C=C1CCN(C(C)=Nc2ccc(Cl)cc2C)Nc2ccc(C)cc21. The van der Waals surface area contributed by atoms with Gasteiger partial charge in [-0.05, 0) is 68.7 Å². The first-order valence-electron chi connectivity index (χ1n) is 8.08. The summed E-state index contributed by atoms with van der Waals surface area (Å²) < 4.78 is 0. The van der Waals surface area contributed by atoms with E-state index in [1.54, 1.807) is 0 Å². The van der Waals surface area contributed by atoms with E-state index in [1.807, 2.05) is 32.0 Å². The van der Waals surface area contributed by atoms with Crippen LogP contribution < -0.4 is 5.43 Å². The van der Waals surface area contributed by atoms with Gasteiger partial charge in [-0.2, -0.15) is 0 Å². The zero-order valence-electron chi connectivity index (χ0n) is 14.4. The summed E-state index contributed by atoms with van der Waals surface area (Å²) >= 11 is 6.03. The second-order valence-corrected chi connectivity index (χ2v) is 6.69. The van der Waals surface area contributed by atoms with Crippen LogP contribution in [0.5, 0.6) is 0 Å². The van der Waals surface area contributed by atoms with Crippen molar-refractivity contribution in [2.75, 3.05) is 12.0 Å². The third kappa shape index (κ3) is 3.46. The van der Waals surface area contributed by atoms with Crippen LogP contribution in [0.4, 0.5) is 11.4 Å². The number of halogens is 1. The van der Waals surface area contributed by atoms with Crippen LogP contribution in [-0.2, 0) is 0 Å². The maximum absolute atomic E-state index is 6.03. The highest BCUT2D eigenvalue weighted by molar-refractivity contribution is 6.30. The number of nitrogens with zero attached hydrogens (tertiary/aromatic N) is 2. The molecule has 0 saturated carbocycles. The Balaban J connectivity index is 1.90. The molecule has 1 aliphatic rings. The van der Waals surface area contributed by atoms with Gasteiger partial charge in [0.15, 0.2) is 0 Å². The van der Waals surface area contributed by atoms with Gasteiger partial charge in [-0.1, -0.05) is 29.8 Å². The van der Waals surface area contributed by atoms with Crippen molar-refractivity contribution in [1.29, 1.82) is 0 Å². The first-order valence-corrected chi connectivity index (χ1v) is 8.46. The summed E-state index contributed by atoms with van der Waals surface area (Å²) in [6, 6.07) is 12.2. The van der Waals surface area contributed by atoms with Crippen molar-refractivity contribution in [1.82, 2.24) is 5.01 Å². The summed E-state index contributed by atoms with van der Waals surface area (Å²) in [6.07, 6.45) is 0.899. The summed E-state index contributed by atoms with van der Waals surface area (Å²) in [6.45, 7) is 11.2. The van der Waals surface area contributed by atoms with E-state index in [0.29, 0.717) is 0 Å². The molecule has 4 heteroatoms. The van der Waals surface area contributed by atoms with Crippen LogP contribution in [-0.4, -0.2) is 17.4 Å². The Hall–Kier alpha value is -2.26. The van der Waals surface area contributed by atoms with Gasteiger partial charge >= 0.3 is 0 Å². The normalized spacial score (nSPS) is 14.9. The summed E-state index contributed by atoms with van der Waals surface area (Å²) in [5, 5.41) is 2.82. The number of aryl methyl sites for hydroxylation is 2. The number of hydrogen-bond donors (Lipinski definition) is 1. The molecule has 0 amide bonds. The lowest BCUT2D eigenvalue weighted by molar-refractivity contribution is 0.510. The molecule has 0 aliphatic carbocycles. The minimum atomic E-state index is 0.734. The second kappa shape index (κ2) is 6.70. The van der Waals surface area contributed by atoms with E-state index in [4.69, 9.17) is 16.6 Å². The molecular weight excluding hydrogens is 318 g/mol. The summed E-state index contributed by atoms with van der Waals surface area (Å²) in [7, 11) is 0. The summed E-state index contributed by atoms with van der Waals surface area (Å²) in [5.74, 6) is 0.918. The Morgan fingerprint density at radius 3 is 2.75 bits per heavy atom. The van der Waals surface area contributed by atoms with Gasteiger partial charge in [-0.25, -0.2) is 4.99 Å². The lowest BCUT2D eigenvalue weighted by Crippen LogP contribution is -2.34. The van der Waals surface area contributed by atoms with E-state index in [-0.39, 0.29) is 0 Å². The van der Waals surface area contributed by atoms with Crippen molar-refractivity contribution in [3.63, 3.8) is 0 Å². The molecule has 0 spiro atoms. The lowest BCUT2D eigenvalue weighted by atomic mass is 10.0. The average molecular weight is 340 g/mol. The predicted molar refractivity (Wildman–Crippen MR) is 104 cm³/mol. The molecule has 3 rings (SSSR count). The van der Waals surface area contributed by atoms with Gasteiger partial charge in [-0.15, -0.1) is 0 Å². The number of amidine groups is 1. The van der Waals surface area contributed by atoms with E-state index >= 15 is 0 Å². The first-order chi connectivity index (χ1) is 11.4. The Morgan fingerprint density at radius 2 is 2.00 bits per heavy atom. The molecule has 1 heterocycles. The monoisotopic (exact) mass is 339 g/mol. The first kappa shape index (κ1) is 16.6. The van der Waals surface area contributed by atoms with Crippen molar-refractivity contribution in [2.24, 2.45) is 4.99 Å². The maximum Gasteiger partial charge on any atom is 0.120 e. The van der Waals surface area contributed by atoms with Crippen LogP contribution >= 0.6 is 11.6 Å². The fourth-order valence-corrected chi connectivity index (χ4v) is 3.08. The smallest absolute Gasteiger partial charge is 0.120 e. The molecule has 24 heavy (non-hydrogen) atoms. The minimum absolute atomic E-state index is 0.734. The Morgan fingerprint density at radius 1 is 1.21 bits per heavy atom. The van der Waals surface area contributed by atoms with E-state index in [9.17, 15) is 0 Å². The molecule has 0 radical (unpaired) electrons. The van der Waals surface area contributed by atoms with Crippen molar-refractivity contribution in [3.05, 3.63) is 64.7 Å². The number of rotatable bonds is 1. The van der Waals surface area contributed by atoms with Crippen LogP contribution in [0.15, 0.2) is 48.0 Å². The van der Waals surface area contributed by atoms with E-state index in [0.717, 1.165) is 46.3 Å². The highest BCUT2D eigenvalue weighted by Crippen LogP contribution is 2.30. The van der Waals surface area contributed by atoms with Crippen LogP contribution in [0.25, 0.3) is 5.57 Å². The van der Waals surface area contributed by atoms with Crippen LogP contribution in [0.1, 0.15) is 30.0 Å². The summed E-state index contributed by atoms with van der Waals surface area (Å²) in [5.41, 5.74) is 10.1. The number of hydrogen-bond acceptors (Lipinski definition) is 2. The van der Waals surface area contributed by atoms with Crippen LogP contribution in [0, 0.1) is 13.8 Å². The highest BCUT2D eigenvalue weighted by atomic mass is 35.5. The highest BCUT2D eigenvalue weighted by Gasteiger charge is 2.17. The predicted octanol–water partition coefficient (Wildman–Crippen LogP) is 5.75. The van der Waals surface area contributed by atoms with Crippen molar-refractivity contribution >= 4 is 34.4 Å². The number of benzene rings is 2. The fourth-order valence-electron chi connectivity index (χ4n) is 2.85. The molecule has 2 aromatic carbocycles. The third-order valence-electron chi connectivity index (χ3n) is 4.28. The molecular formula is C20H22ClN3. The van der Waals surface area contributed by atoms with Crippen molar-refractivity contribution < 1.29 is 0 Å². The number of nitrogens with one attached hydrogen (secondary N) is 1. The molecule has 0 fully saturated rings. The minimum Gasteiger partial charge on any atom is -0.297 e. The van der Waals surface area contributed by atoms with E-state index in [1.165, 1.54) is 11.1 Å². The molecule has 124 valence electrons. The molecule has 0 unspecified atom stereocenters. The Bertz CT molecular complexity index is 824. The molecule has 2 aromatic rings. The van der Waals surface area contributed by atoms with Gasteiger partial charge in [0.05, 0.1) is 11.4 Å². The van der Waals surface area contributed by atoms with Crippen LogP contribution in [0.2, 0.25) is 5.02 Å². The number of hydrazine groups is 1. The number of anilines is 1. The third-order valence-corrected chi connectivity index (χ3v) is 4.52. The van der Waals surface area contributed by atoms with Crippen LogP contribution in [0.3, 0.4) is 0 Å². The van der Waals surface area contributed by atoms with Gasteiger partial charge in [0, 0.05) is 17.1 Å². The standard InChI is InChI=1S/C20H22ClN3/c1-13-5-7-20-18(11-13)14(2)9-10-24(23-20)16(4)22-19-8-6-17(21)12-15(19)3/h5-8,11-12,23H,2,9-10H2,1,3-4H3. The number of fused-ring (bicyclic) bond motifs is 1. The van der Waals surface area contributed by atoms with E-state index in [2.05, 4.69) is 42.1 Å². The zero-order chi connectivity index (χ0) is 17.3. The van der Waals surface area contributed by atoms with E-state index < -0.39 is 0 Å². The van der Waals surface area contributed by atoms with Gasteiger partial charge in [0.2, 0.25) is 0 Å². The molecule has 1 aliphatic heterocycles. The summed E-state index contributed by atoms with van der Waals surface area (Å²) in [4.78, 5) is 4.77. The lowest BCUT2D eigenvalue weighted by Gasteiger charge is -2.24. The Kier molecular flexibility index (Phi) is 4.63.